The van der Waals surface area contributed by atoms with E-state index in [0.717, 1.165) is 29.0 Å². The van der Waals surface area contributed by atoms with Crippen molar-refractivity contribution < 1.29 is 5.11 Å². The average molecular weight is 257 g/mol. The fourth-order valence-electron chi connectivity index (χ4n) is 2.54. The Bertz CT molecular complexity index is 624. The number of aryl methyl sites for hydroxylation is 1. The molecule has 4 heteroatoms. The van der Waals surface area contributed by atoms with Gasteiger partial charge in [-0.15, -0.1) is 0 Å². The first-order valence-electron chi connectivity index (χ1n) is 6.66. The number of aliphatic hydroxyl groups excluding tert-OH is 1. The number of aliphatic hydroxyl groups is 1. The van der Waals surface area contributed by atoms with Crippen LogP contribution in [0.25, 0.3) is 11.0 Å². The lowest BCUT2D eigenvalue weighted by atomic mass is 9.64. The number of hydrogen-bond acceptors (Lipinski definition) is 4. The molecule has 2 N–H and O–H groups in total. The summed E-state index contributed by atoms with van der Waals surface area (Å²) in [6.45, 7) is 6.11. The number of nitrogens with zero attached hydrogens (tertiary/aromatic N) is 2. The van der Waals surface area contributed by atoms with Crippen molar-refractivity contribution in [1.82, 2.24) is 9.97 Å². The molecule has 1 heterocycles. The quantitative estimate of drug-likeness (QED) is 0.868. The first-order valence-corrected chi connectivity index (χ1v) is 6.66. The van der Waals surface area contributed by atoms with Gasteiger partial charge in [-0.2, -0.15) is 0 Å². The van der Waals surface area contributed by atoms with Gasteiger partial charge in [-0.3, -0.25) is 0 Å². The number of rotatable bonds is 2. The van der Waals surface area contributed by atoms with Gasteiger partial charge >= 0.3 is 0 Å². The molecule has 0 aliphatic heterocycles. The summed E-state index contributed by atoms with van der Waals surface area (Å²) in [4.78, 5) is 9.20. The molecule has 0 spiro atoms. The van der Waals surface area contributed by atoms with Gasteiger partial charge in [-0.1, -0.05) is 26.0 Å². The summed E-state index contributed by atoms with van der Waals surface area (Å²) in [6.07, 6.45) is 0.528. The SMILES string of the molecule is Cc1nc2ccccc2nc1NC1CC(O)C1(C)C. The van der Waals surface area contributed by atoms with Gasteiger partial charge in [0.2, 0.25) is 0 Å². The van der Waals surface area contributed by atoms with E-state index in [9.17, 15) is 5.11 Å². The minimum atomic E-state index is -0.237. The molecule has 1 saturated carbocycles. The number of fused-ring (bicyclic) bond motifs is 1. The minimum Gasteiger partial charge on any atom is -0.392 e. The van der Waals surface area contributed by atoms with E-state index in [-0.39, 0.29) is 17.6 Å². The standard InChI is InChI=1S/C15H19N3O/c1-9-14(18-12-8-13(19)15(12,2)3)17-11-7-5-4-6-10(11)16-9/h4-7,12-13,19H,8H2,1-3H3,(H,17,18). The zero-order valence-corrected chi connectivity index (χ0v) is 11.5. The summed E-state index contributed by atoms with van der Waals surface area (Å²) in [5.74, 6) is 0.823. The molecule has 0 saturated heterocycles. The monoisotopic (exact) mass is 257 g/mol. The lowest BCUT2D eigenvalue weighted by Crippen LogP contribution is -2.57. The van der Waals surface area contributed by atoms with Gasteiger partial charge < -0.3 is 10.4 Å². The van der Waals surface area contributed by atoms with E-state index in [0.29, 0.717) is 0 Å². The zero-order valence-electron chi connectivity index (χ0n) is 11.5. The highest BCUT2D eigenvalue weighted by molar-refractivity contribution is 5.76. The Balaban J connectivity index is 1.91. The fraction of sp³-hybridized carbons (Fsp3) is 0.467. The average Bonchev–Trinajstić information content (AvgIpc) is 2.39. The summed E-state index contributed by atoms with van der Waals surface area (Å²) in [6, 6.07) is 8.11. The van der Waals surface area contributed by atoms with E-state index in [1.54, 1.807) is 0 Å². The second-order valence-corrected chi connectivity index (χ2v) is 5.92. The van der Waals surface area contributed by atoms with Crippen molar-refractivity contribution in [2.45, 2.75) is 39.3 Å². The first-order chi connectivity index (χ1) is 8.98. The third-order valence-electron chi connectivity index (χ3n) is 4.27. The van der Waals surface area contributed by atoms with Crippen LogP contribution in [0.2, 0.25) is 0 Å². The van der Waals surface area contributed by atoms with Crippen LogP contribution in [-0.4, -0.2) is 27.2 Å². The van der Waals surface area contributed by atoms with Gasteiger partial charge in [0.05, 0.1) is 22.8 Å². The van der Waals surface area contributed by atoms with E-state index < -0.39 is 0 Å². The highest BCUT2D eigenvalue weighted by Gasteiger charge is 2.47. The van der Waals surface area contributed by atoms with Gasteiger partial charge in [0.25, 0.3) is 0 Å². The van der Waals surface area contributed by atoms with Crippen molar-refractivity contribution in [2.75, 3.05) is 5.32 Å². The van der Waals surface area contributed by atoms with Crippen LogP contribution in [0.5, 0.6) is 0 Å². The van der Waals surface area contributed by atoms with Crippen LogP contribution < -0.4 is 5.32 Å². The molecule has 1 aliphatic carbocycles. The molecule has 1 aliphatic rings. The predicted molar refractivity (Wildman–Crippen MR) is 76.1 cm³/mol. The third-order valence-corrected chi connectivity index (χ3v) is 4.27. The van der Waals surface area contributed by atoms with Crippen LogP contribution in [0.15, 0.2) is 24.3 Å². The van der Waals surface area contributed by atoms with E-state index in [1.165, 1.54) is 0 Å². The number of para-hydroxylation sites is 2. The largest absolute Gasteiger partial charge is 0.392 e. The molecule has 1 aromatic heterocycles. The fourth-order valence-corrected chi connectivity index (χ4v) is 2.54. The Labute approximate surface area is 112 Å². The Morgan fingerprint density at radius 1 is 1.21 bits per heavy atom. The molecule has 100 valence electrons. The minimum absolute atomic E-state index is 0.111. The topological polar surface area (TPSA) is 58.0 Å². The van der Waals surface area contributed by atoms with E-state index in [1.807, 2.05) is 31.2 Å². The van der Waals surface area contributed by atoms with Crippen molar-refractivity contribution in [3.8, 4) is 0 Å². The normalized spacial score (nSPS) is 25.1. The van der Waals surface area contributed by atoms with Crippen LogP contribution in [0.4, 0.5) is 5.82 Å². The smallest absolute Gasteiger partial charge is 0.148 e. The molecule has 3 rings (SSSR count). The third kappa shape index (κ3) is 1.96. The second kappa shape index (κ2) is 4.17. The Morgan fingerprint density at radius 2 is 1.84 bits per heavy atom. The van der Waals surface area contributed by atoms with E-state index >= 15 is 0 Å². The van der Waals surface area contributed by atoms with Crippen molar-refractivity contribution in [3.05, 3.63) is 30.0 Å². The maximum absolute atomic E-state index is 9.79. The molecule has 0 amide bonds. The lowest BCUT2D eigenvalue weighted by molar-refractivity contribution is -0.0511. The summed E-state index contributed by atoms with van der Waals surface area (Å²) >= 11 is 0. The number of anilines is 1. The van der Waals surface area contributed by atoms with Crippen LogP contribution in [0.3, 0.4) is 0 Å². The number of benzene rings is 1. The molecule has 2 unspecified atom stereocenters. The van der Waals surface area contributed by atoms with Crippen LogP contribution in [-0.2, 0) is 0 Å². The molecule has 2 atom stereocenters. The van der Waals surface area contributed by atoms with Gasteiger partial charge in [0.15, 0.2) is 0 Å². The van der Waals surface area contributed by atoms with Gasteiger partial charge in [-0.25, -0.2) is 9.97 Å². The van der Waals surface area contributed by atoms with Gasteiger partial charge in [-0.05, 0) is 25.5 Å². The van der Waals surface area contributed by atoms with Crippen molar-refractivity contribution in [1.29, 1.82) is 0 Å². The highest BCUT2D eigenvalue weighted by atomic mass is 16.3. The summed E-state index contributed by atoms with van der Waals surface area (Å²) < 4.78 is 0. The zero-order chi connectivity index (χ0) is 13.6. The molecule has 4 nitrogen and oxygen atoms in total. The molecule has 0 radical (unpaired) electrons. The summed E-state index contributed by atoms with van der Waals surface area (Å²) in [7, 11) is 0. The molecule has 1 aromatic carbocycles. The summed E-state index contributed by atoms with van der Waals surface area (Å²) in [5, 5.41) is 13.2. The van der Waals surface area contributed by atoms with Crippen LogP contribution >= 0.6 is 0 Å². The predicted octanol–water partition coefficient (Wildman–Crippen LogP) is 2.51. The first kappa shape index (κ1) is 12.4. The molecular formula is C15H19N3O. The van der Waals surface area contributed by atoms with Crippen molar-refractivity contribution in [3.63, 3.8) is 0 Å². The van der Waals surface area contributed by atoms with Crippen molar-refractivity contribution in [2.24, 2.45) is 5.41 Å². The molecule has 19 heavy (non-hydrogen) atoms. The Kier molecular flexibility index (Phi) is 2.71. The van der Waals surface area contributed by atoms with Crippen molar-refractivity contribution >= 4 is 16.9 Å². The number of nitrogens with one attached hydrogen (secondary N) is 1. The second-order valence-electron chi connectivity index (χ2n) is 5.92. The molecule has 2 aromatic rings. The molecular weight excluding hydrogens is 238 g/mol. The number of aromatic nitrogens is 2. The Morgan fingerprint density at radius 3 is 2.42 bits per heavy atom. The summed E-state index contributed by atoms with van der Waals surface area (Å²) in [5.41, 5.74) is 2.60. The maximum Gasteiger partial charge on any atom is 0.148 e. The number of hydrogen-bond donors (Lipinski definition) is 2. The van der Waals surface area contributed by atoms with Crippen LogP contribution in [0.1, 0.15) is 26.0 Å². The maximum atomic E-state index is 9.79. The Hall–Kier alpha value is -1.68. The lowest BCUT2D eigenvalue weighted by Gasteiger charge is -2.49. The van der Waals surface area contributed by atoms with E-state index in [2.05, 4.69) is 29.1 Å². The van der Waals surface area contributed by atoms with Gasteiger partial charge in [0, 0.05) is 11.5 Å². The van der Waals surface area contributed by atoms with Crippen LogP contribution in [0, 0.1) is 12.3 Å². The molecule has 1 fully saturated rings. The van der Waals surface area contributed by atoms with Gasteiger partial charge in [0.1, 0.15) is 5.82 Å². The molecule has 0 bridgehead atoms. The van der Waals surface area contributed by atoms with E-state index in [4.69, 9.17) is 0 Å². The highest BCUT2D eigenvalue weighted by Crippen LogP contribution is 2.42.